The van der Waals surface area contributed by atoms with Crippen molar-refractivity contribution in [1.82, 2.24) is 20.3 Å². The van der Waals surface area contributed by atoms with Crippen LogP contribution < -0.4 is 5.32 Å². The number of nitrogens with zero attached hydrogens (tertiary/aromatic N) is 1. The first-order valence-corrected chi connectivity index (χ1v) is 8.81. The number of aromatic nitrogens is 3. The lowest BCUT2D eigenvalue weighted by Crippen LogP contribution is -2.31. The molecule has 0 bridgehead atoms. The van der Waals surface area contributed by atoms with Crippen molar-refractivity contribution in [1.29, 1.82) is 0 Å². The van der Waals surface area contributed by atoms with Crippen molar-refractivity contribution >= 4 is 28.5 Å². The first-order valence-electron chi connectivity index (χ1n) is 8.44. The molecule has 0 radical (unpaired) electrons. The summed E-state index contributed by atoms with van der Waals surface area (Å²) in [6.45, 7) is -0.228. The SMILES string of the molecule is O=C(N[C@H](CO)c1cccc(Cl)c1)c1cc(-c2ccnc3[nH]ccc23)c[nH]1. The van der Waals surface area contributed by atoms with Gasteiger partial charge in [0.2, 0.25) is 0 Å². The van der Waals surface area contributed by atoms with E-state index >= 15 is 0 Å². The van der Waals surface area contributed by atoms with Gasteiger partial charge < -0.3 is 20.4 Å². The summed E-state index contributed by atoms with van der Waals surface area (Å²) in [7, 11) is 0. The van der Waals surface area contributed by atoms with Gasteiger partial charge in [-0.25, -0.2) is 4.98 Å². The molecule has 7 heteroatoms. The lowest BCUT2D eigenvalue weighted by molar-refractivity contribution is 0.0912. The molecular formula is C20H17ClN4O2. The molecule has 0 saturated carbocycles. The van der Waals surface area contributed by atoms with E-state index in [9.17, 15) is 9.90 Å². The van der Waals surface area contributed by atoms with Gasteiger partial charge in [-0.3, -0.25) is 4.79 Å². The number of hydrogen-bond donors (Lipinski definition) is 4. The van der Waals surface area contributed by atoms with Crippen molar-refractivity contribution in [3.63, 3.8) is 0 Å². The maximum atomic E-state index is 12.6. The van der Waals surface area contributed by atoms with Crippen LogP contribution in [0.25, 0.3) is 22.2 Å². The lowest BCUT2D eigenvalue weighted by Gasteiger charge is -2.16. The summed E-state index contributed by atoms with van der Waals surface area (Å²) in [5, 5.41) is 14.0. The van der Waals surface area contributed by atoms with Gasteiger partial charge in [0.1, 0.15) is 11.3 Å². The average Bonchev–Trinajstić information content (AvgIpc) is 3.35. The molecule has 0 aliphatic heterocycles. The molecule has 0 unspecified atom stereocenters. The second-order valence-corrected chi connectivity index (χ2v) is 6.60. The Hall–Kier alpha value is -3.09. The first-order chi connectivity index (χ1) is 13.2. The van der Waals surface area contributed by atoms with E-state index in [0.29, 0.717) is 10.7 Å². The smallest absolute Gasteiger partial charge is 0.268 e. The Balaban J connectivity index is 1.57. The van der Waals surface area contributed by atoms with Crippen molar-refractivity contribution < 1.29 is 9.90 Å². The molecule has 3 aromatic heterocycles. The minimum atomic E-state index is -0.541. The van der Waals surface area contributed by atoms with Gasteiger partial charge in [-0.1, -0.05) is 23.7 Å². The van der Waals surface area contributed by atoms with E-state index in [1.807, 2.05) is 24.4 Å². The third-order valence-electron chi connectivity index (χ3n) is 4.44. The number of nitrogens with one attached hydrogen (secondary N) is 3. The molecule has 27 heavy (non-hydrogen) atoms. The van der Waals surface area contributed by atoms with Crippen LogP contribution in [0.1, 0.15) is 22.1 Å². The van der Waals surface area contributed by atoms with Crippen LogP contribution in [0.2, 0.25) is 5.02 Å². The Bertz CT molecular complexity index is 1100. The zero-order valence-corrected chi connectivity index (χ0v) is 15.0. The number of rotatable bonds is 5. The number of H-pyrrole nitrogens is 2. The van der Waals surface area contributed by atoms with Gasteiger partial charge in [-0.15, -0.1) is 0 Å². The molecule has 4 rings (SSSR count). The van der Waals surface area contributed by atoms with E-state index in [2.05, 4.69) is 20.3 Å². The summed E-state index contributed by atoms with van der Waals surface area (Å²) in [5.74, 6) is -0.306. The molecule has 4 aromatic rings. The minimum Gasteiger partial charge on any atom is -0.394 e. The molecule has 1 amide bonds. The van der Waals surface area contributed by atoms with Gasteiger partial charge in [0.05, 0.1) is 12.6 Å². The third-order valence-corrected chi connectivity index (χ3v) is 4.67. The van der Waals surface area contributed by atoms with Gasteiger partial charge in [0.15, 0.2) is 0 Å². The van der Waals surface area contributed by atoms with Crippen LogP contribution >= 0.6 is 11.6 Å². The van der Waals surface area contributed by atoms with Gasteiger partial charge >= 0.3 is 0 Å². The predicted molar refractivity (Wildman–Crippen MR) is 105 cm³/mol. The normalized spacial score (nSPS) is 12.2. The van der Waals surface area contributed by atoms with E-state index < -0.39 is 6.04 Å². The Morgan fingerprint density at radius 3 is 2.93 bits per heavy atom. The number of fused-ring (bicyclic) bond motifs is 1. The Morgan fingerprint density at radius 1 is 1.22 bits per heavy atom. The number of benzene rings is 1. The van der Waals surface area contributed by atoms with Crippen LogP contribution in [0.4, 0.5) is 0 Å². The van der Waals surface area contributed by atoms with Crippen LogP contribution in [0.3, 0.4) is 0 Å². The fraction of sp³-hybridized carbons (Fsp3) is 0.100. The quantitative estimate of drug-likeness (QED) is 0.425. The van der Waals surface area contributed by atoms with Crippen LogP contribution in [-0.4, -0.2) is 32.6 Å². The highest BCUT2D eigenvalue weighted by Crippen LogP contribution is 2.27. The topological polar surface area (TPSA) is 93.8 Å². The van der Waals surface area contributed by atoms with Crippen LogP contribution in [-0.2, 0) is 0 Å². The molecule has 1 atom stereocenters. The Labute approximate surface area is 160 Å². The molecule has 0 aliphatic rings. The van der Waals surface area contributed by atoms with Gasteiger partial charge in [-0.05, 0) is 41.5 Å². The van der Waals surface area contributed by atoms with Crippen molar-refractivity contribution in [3.05, 3.63) is 77.3 Å². The van der Waals surface area contributed by atoms with Crippen molar-refractivity contribution in [2.75, 3.05) is 6.61 Å². The lowest BCUT2D eigenvalue weighted by atomic mass is 10.1. The summed E-state index contributed by atoms with van der Waals surface area (Å²) in [5.41, 5.74) is 3.81. The van der Waals surface area contributed by atoms with E-state index in [0.717, 1.165) is 27.7 Å². The standard InChI is InChI=1S/C20H17ClN4O2/c21-14-3-1-2-12(8-14)18(11-26)25-20(27)17-9-13(10-24-17)15-4-6-22-19-16(15)5-7-23-19/h1-10,18,24,26H,11H2,(H,22,23)(H,25,27)/t18-/m1/s1. The number of carbonyl (C=O) groups excluding carboxylic acids is 1. The van der Waals surface area contributed by atoms with Crippen molar-refractivity contribution in [2.24, 2.45) is 0 Å². The summed E-state index contributed by atoms with van der Waals surface area (Å²) < 4.78 is 0. The highest BCUT2D eigenvalue weighted by Gasteiger charge is 2.17. The van der Waals surface area contributed by atoms with Gasteiger partial charge in [0, 0.05) is 34.6 Å². The molecule has 0 aliphatic carbocycles. The Morgan fingerprint density at radius 2 is 2.11 bits per heavy atom. The van der Waals surface area contributed by atoms with Crippen LogP contribution in [0.5, 0.6) is 0 Å². The van der Waals surface area contributed by atoms with E-state index in [4.69, 9.17) is 11.6 Å². The average molecular weight is 381 g/mol. The zero-order chi connectivity index (χ0) is 18.8. The highest BCUT2D eigenvalue weighted by molar-refractivity contribution is 6.30. The number of pyridine rings is 1. The number of aliphatic hydroxyl groups is 1. The molecule has 0 fully saturated rings. The molecular weight excluding hydrogens is 364 g/mol. The van der Waals surface area contributed by atoms with Crippen molar-refractivity contribution in [2.45, 2.75) is 6.04 Å². The molecule has 136 valence electrons. The molecule has 6 nitrogen and oxygen atoms in total. The molecule has 0 saturated heterocycles. The first kappa shape index (κ1) is 17.3. The third kappa shape index (κ3) is 3.45. The van der Waals surface area contributed by atoms with Gasteiger partial charge in [0.25, 0.3) is 5.91 Å². The number of carbonyl (C=O) groups is 1. The number of halogens is 1. The predicted octanol–water partition coefficient (Wildman–Crippen LogP) is 3.67. The number of hydrogen-bond acceptors (Lipinski definition) is 3. The molecule has 0 spiro atoms. The zero-order valence-electron chi connectivity index (χ0n) is 14.2. The summed E-state index contributed by atoms with van der Waals surface area (Å²) in [6.07, 6.45) is 5.34. The fourth-order valence-electron chi connectivity index (χ4n) is 3.09. The highest BCUT2D eigenvalue weighted by atomic mass is 35.5. The number of amides is 1. The van der Waals surface area contributed by atoms with Crippen molar-refractivity contribution in [3.8, 4) is 11.1 Å². The summed E-state index contributed by atoms with van der Waals surface area (Å²) in [4.78, 5) is 23.0. The molecule has 4 N–H and O–H groups in total. The largest absolute Gasteiger partial charge is 0.394 e. The van der Waals surface area contributed by atoms with E-state index in [-0.39, 0.29) is 12.5 Å². The number of aromatic amines is 2. The van der Waals surface area contributed by atoms with E-state index in [1.165, 1.54) is 0 Å². The minimum absolute atomic E-state index is 0.228. The molecule has 1 aromatic carbocycles. The van der Waals surface area contributed by atoms with Gasteiger partial charge in [-0.2, -0.15) is 0 Å². The second-order valence-electron chi connectivity index (χ2n) is 6.16. The van der Waals surface area contributed by atoms with E-state index in [1.54, 1.807) is 36.7 Å². The summed E-state index contributed by atoms with van der Waals surface area (Å²) >= 11 is 6.00. The number of aliphatic hydroxyl groups excluding tert-OH is 1. The monoisotopic (exact) mass is 380 g/mol. The Kier molecular flexibility index (Phi) is 4.66. The second kappa shape index (κ2) is 7.26. The maximum absolute atomic E-state index is 12.6. The fourth-order valence-corrected chi connectivity index (χ4v) is 3.29. The summed E-state index contributed by atoms with van der Waals surface area (Å²) in [6, 6.07) is 12.2. The van der Waals surface area contributed by atoms with Crippen LogP contribution in [0, 0.1) is 0 Å². The maximum Gasteiger partial charge on any atom is 0.268 e. The van der Waals surface area contributed by atoms with Crippen LogP contribution in [0.15, 0.2) is 61.1 Å². The molecule has 3 heterocycles.